The number of ether oxygens (including phenoxy) is 1. The van der Waals surface area contributed by atoms with Crippen LogP contribution in [0.5, 0.6) is 11.6 Å². The molecule has 14 heteroatoms. The van der Waals surface area contributed by atoms with Crippen LogP contribution in [0.1, 0.15) is 29.2 Å². The Bertz CT molecular complexity index is 1710. The Balaban J connectivity index is 0.000000566. The number of carboxylic acids is 2. The van der Waals surface area contributed by atoms with Gasteiger partial charge in [0.1, 0.15) is 11.6 Å². The number of nitrogens with one attached hydrogen (secondary N) is 2. The van der Waals surface area contributed by atoms with Crippen LogP contribution in [-0.2, 0) is 16.1 Å². The number of anilines is 1. The monoisotopic (exact) mass is 612 g/mol. The van der Waals surface area contributed by atoms with Crippen LogP contribution in [0.15, 0.2) is 91.0 Å². The predicted octanol–water partition coefficient (Wildman–Crippen LogP) is 5.98. The topological polar surface area (TPSA) is 151 Å². The number of nitrogens with zero attached hydrogens (tertiary/aromatic N) is 2. The van der Waals surface area contributed by atoms with E-state index in [1.807, 2.05) is 36.4 Å². The first kappa shape index (κ1) is 31.3. The zero-order chi connectivity index (χ0) is 31.9. The Morgan fingerprint density at radius 3 is 2.23 bits per heavy atom. The number of halogens is 4. The first-order chi connectivity index (χ1) is 20.9. The Labute approximate surface area is 246 Å². The average molecular weight is 613 g/mol. The number of carboxylic acid groups (broad SMARTS) is 2. The zero-order valence-corrected chi connectivity index (χ0v) is 22.6. The van der Waals surface area contributed by atoms with Gasteiger partial charge >= 0.3 is 24.0 Å². The highest BCUT2D eigenvalue weighted by Crippen LogP contribution is 2.28. The third-order valence-corrected chi connectivity index (χ3v) is 6.19. The number of rotatable bonds is 9. The van der Waals surface area contributed by atoms with E-state index in [-0.39, 0.29) is 18.0 Å². The summed E-state index contributed by atoms with van der Waals surface area (Å²) < 4.78 is 51.5. The molecule has 0 aliphatic carbocycles. The molecule has 10 nitrogen and oxygen atoms in total. The van der Waals surface area contributed by atoms with E-state index in [9.17, 15) is 32.7 Å². The average Bonchev–Trinajstić information content (AvgIpc) is 3.40. The van der Waals surface area contributed by atoms with Crippen LogP contribution in [0.4, 0.5) is 23.5 Å². The highest BCUT2D eigenvalue weighted by Gasteiger charge is 2.38. The standard InChI is InChI=1S/C28H23FN4O4.C2HF3O2/c29-20-12-10-19(11-13-20)22(16-27(34)35)25-6-3-7-26(33(25)36)37-21-14-8-18(9-15-21)17-30-28-31-23-4-1-2-5-24(23)32-28;3-2(4,5)1(6)7/h1-15,22H,16-17H2,(H,34,35)(H2,30,31,32);(H,6,7). The van der Waals surface area contributed by atoms with Crippen molar-refractivity contribution in [3.63, 3.8) is 0 Å². The Morgan fingerprint density at radius 2 is 1.61 bits per heavy atom. The van der Waals surface area contributed by atoms with Crippen LogP contribution in [0, 0.1) is 11.0 Å². The number of aliphatic carboxylic acids is 2. The molecular weight excluding hydrogens is 588 g/mol. The van der Waals surface area contributed by atoms with E-state index in [0.717, 1.165) is 16.6 Å². The number of para-hydroxylation sites is 2. The third kappa shape index (κ3) is 8.21. The van der Waals surface area contributed by atoms with Crippen LogP contribution >= 0.6 is 0 Å². The minimum absolute atomic E-state index is 0.00292. The summed E-state index contributed by atoms with van der Waals surface area (Å²) in [5.74, 6) is -3.93. The number of H-pyrrole nitrogens is 1. The van der Waals surface area contributed by atoms with Gasteiger partial charge in [-0.2, -0.15) is 13.2 Å². The van der Waals surface area contributed by atoms with Gasteiger partial charge in [0.15, 0.2) is 0 Å². The minimum Gasteiger partial charge on any atom is -0.616 e. The lowest BCUT2D eigenvalue weighted by Crippen LogP contribution is -2.35. The number of imidazole rings is 1. The summed E-state index contributed by atoms with van der Waals surface area (Å²) >= 11 is 0. The van der Waals surface area contributed by atoms with E-state index < -0.39 is 29.9 Å². The fourth-order valence-electron chi connectivity index (χ4n) is 4.11. The fourth-order valence-corrected chi connectivity index (χ4v) is 4.11. The molecule has 0 spiro atoms. The number of aromatic amines is 1. The molecule has 0 fully saturated rings. The number of pyridine rings is 1. The van der Waals surface area contributed by atoms with Gasteiger partial charge in [0.25, 0.3) is 0 Å². The smallest absolute Gasteiger partial charge is 0.490 e. The van der Waals surface area contributed by atoms with E-state index in [2.05, 4.69) is 15.3 Å². The van der Waals surface area contributed by atoms with Crippen molar-refractivity contribution in [2.75, 3.05) is 5.32 Å². The van der Waals surface area contributed by atoms with Gasteiger partial charge in [-0.05, 0) is 53.6 Å². The SMILES string of the molecule is O=C(O)C(F)(F)F.O=C(O)CC(c1ccc(F)cc1)c1cccc(Oc2ccc(CNc3nc4ccccc4[nH]3)cc2)[n+]1[O-]. The number of alkyl halides is 3. The molecule has 5 rings (SSSR count). The number of benzene rings is 3. The normalized spacial score (nSPS) is 11.7. The van der Waals surface area contributed by atoms with Gasteiger partial charge in [-0.25, -0.2) is 14.2 Å². The molecule has 1 atom stereocenters. The fraction of sp³-hybridized carbons (Fsp3) is 0.133. The molecule has 44 heavy (non-hydrogen) atoms. The summed E-state index contributed by atoms with van der Waals surface area (Å²) in [5.41, 5.74) is 3.53. The number of fused-ring (bicyclic) bond motifs is 1. The van der Waals surface area contributed by atoms with Crippen LogP contribution < -0.4 is 14.8 Å². The van der Waals surface area contributed by atoms with Crippen LogP contribution in [-0.4, -0.2) is 38.3 Å². The highest BCUT2D eigenvalue weighted by atomic mass is 19.4. The largest absolute Gasteiger partial charge is 0.616 e. The molecule has 2 aromatic heterocycles. The van der Waals surface area contributed by atoms with Crippen molar-refractivity contribution in [1.82, 2.24) is 9.97 Å². The van der Waals surface area contributed by atoms with Gasteiger partial charge in [-0.3, -0.25) is 4.79 Å². The first-order valence-corrected chi connectivity index (χ1v) is 12.9. The van der Waals surface area contributed by atoms with Crippen molar-refractivity contribution in [3.05, 3.63) is 119 Å². The van der Waals surface area contributed by atoms with Crippen molar-refractivity contribution in [2.45, 2.75) is 25.1 Å². The molecule has 228 valence electrons. The summed E-state index contributed by atoms with van der Waals surface area (Å²) in [6.07, 6.45) is -5.41. The van der Waals surface area contributed by atoms with Crippen molar-refractivity contribution < 1.29 is 46.8 Å². The molecule has 3 aromatic carbocycles. The zero-order valence-electron chi connectivity index (χ0n) is 22.6. The molecule has 1 unspecified atom stereocenters. The van der Waals surface area contributed by atoms with E-state index in [1.165, 1.54) is 30.3 Å². The lowest BCUT2D eigenvalue weighted by atomic mass is 9.92. The van der Waals surface area contributed by atoms with Crippen molar-refractivity contribution >= 4 is 28.9 Å². The Kier molecular flexibility index (Phi) is 9.63. The maximum atomic E-state index is 13.4. The quantitative estimate of drug-likeness (QED) is 0.0902. The lowest BCUT2D eigenvalue weighted by molar-refractivity contribution is -0.620. The third-order valence-electron chi connectivity index (χ3n) is 6.19. The van der Waals surface area contributed by atoms with Gasteiger partial charge in [0, 0.05) is 12.6 Å². The van der Waals surface area contributed by atoms with Gasteiger partial charge in [-0.15, -0.1) is 4.73 Å². The maximum absolute atomic E-state index is 13.4. The molecule has 0 aliphatic heterocycles. The second-order valence-electron chi connectivity index (χ2n) is 9.29. The number of hydrogen-bond acceptors (Lipinski definition) is 6. The minimum atomic E-state index is -5.08. The van der Waals surface area contributed by atoms with Gasteiger partial charge in [0.2, 0.25) is 11.6 Å². The highest BCUT2D eigenvalue weighted by molar-refractivity contribution is 5.77. The molecule has 5 aromatic rings. The Hall–Kier alpha value is -5.66. The van der Waals surface area contributed by atoms with Crippen molar-refractivity contribution in [2.24, 2.45) is 0 Å². The van der Waals surface area contributed by atoms with Gasteiger partial charge in [-0.1, -0.05) is 36.4 Å². The second kappa shape index (κ2) is 13.5. The molecule has 0 saturated heterocycles. The van der Waals surface area contributed by atoms with E-state index in [1.54, 1.807) is 24.3 Å². The summed E-state index contributed by atoms with van der Waals surface area (Å²) in [5, 5.41) is 32.9. The Morgan fingerprint density at radius 1 is 0.955 bits per heavy atom. The summed E-state index contributed by atoms with van der Waals surface area (Å²) in [7, 11) is 0. The predicted molar refractivity (Wildman–Crippen MR) is 150 cm³/mol. The summed E-state index contributed by atoms with van der Waals surface area (Å²) in [6, 6.07) is 25.1. The lowest BCUT2D eigenvalue weighted by Gasteiger charge is -2.17. The van der Waals surface area contributed by atoms with Gasteiger partial charge in [0.05, 0.1) is 29.4 Å². The molecule has 2 heterocycles. The second-order valence-corrected chi connectivity index (χ2v) is 9.29. The molecule has 4 N–H and O–H groups in total. The van der Waals surface area contributed by atoms with Crippen molar-refractivity contribution in [1.29, 1.82) is 0 Å². The van der Waals surface area contributed by atoms with Gasteiger partial charge < -0.3 is 30.5 Å². The van der Waals surface area contributed by atoms with E-state index in [4.69, 9.17) is 14.6 Å². The van der Waals surface area contributed by atoms with E-state index >= 15 is 0 Å². The van der Waals surface area contributed by atoms with E-state index in [0.29, 0.717) is 28.5 Å². The maximum Gasteiger partial charge on any atom is 0.490 e. The molecule has 0 amide bonds. The molecular formula is C30H24F4N4O6. The number of aromatic nitrogens is 3. The number of carbonyl (C=O) groups is 2. The molecule has 0 radical (unpaired) electrons. The van der Waals surface area contributed by atoms with Crippen LogP contribution in [0.2, 0.25) is 0 Å². The molecule has 0 aliphatic rings. The summed E-state index contributed by atoms with van der Waals surface area (Å²) in [6.45, 7) is 0.533. The number of hydrogen-bond donors (Lipinski definition) is 4. The molecule has 0 saturated carbocycles. The van der Waals surface area contributed by atoms with Crippen molar-refractivity contribution in [3.8, 4) is 11.6 Å². The van der Waals surface area contributed by atoms with Crippen LogP contribution in [0.3, 0.4) is 0 Å². The summed E-state index contributed by atoms with van der Waals surface area (Å²) in [4.78, 5) is 28.1. The molecule has 0 bridgehead atoms. The van der Waals surface area contributed by atoms with Crippen LogP contribution in [0.25, 0.3) is 11.0 Å². The first-order valence-electron chi connectivity index (χ1n) is 12.9.